The second-order valence-electron chi connectivity index (χ2n) is 5.14. The maximum Gasteiger partial charge on any atom is 0.0346 e. The van der Waals surface area contributed by atoms with Crippen molar-refractivity contribution in [1.82, 2.24) is 10.3 Å². The highest BCUT2D eigenvalue weighted by Gasteiger charge is 2.01. The summed E-state index contributed by atoms with van der Waals surface area (Å²) in [5.41, 5.74) is 2.62. The van der Waals surface area contributed by atoms with Crippen molar-refractivity contribution < 1.29 is 0 Å². The zero-order valence-corrected chi connectivity index (χ0v) is 12.0. The van der Waals surface area contributed by atoms with Crippen molar-refractivity contribution >= 4 is 16.8 Å². The lowest BCUT2D eigenvalue weighted by Gasteiger charge is -2.11. The Morgan fingerprint density at radius 3 is 2.79 bits per heavy atom. The summed E-state index contributed by atoms with van der Waals surface area (Å²) in [6.07, 6.45) is 7.20. The highest BCUT2D eigenvalue weighted by Crippen LogP contribution is 2.20. The van der Waals surface area contributed by atoms with Gasteiger partial charge in [0.1, 0.15) is 0 Å². The molecule has 0 aliphatic heterocycles. The zero-order chi connectivity index (χ0) is 13.7. The van der Waals surface area contributed by atoms with Gasteiger partial charge in [-0.3, -0.25) is 4.98 Å². The lowest BCUT2D eigenvalue weighted by molar-refractivity contribution is 0.617. The van der Waals surface area contributed by atoms with Gasteiger partial charge < -0.3 is 5.32 Å². The summed E-state index contributed by atoms with van der Waals surface area (Å²) in [5, 5.41) is 5.95. The van der Waals surface area contributed by atoms with Gasteiger partial charge in [0.05, 0.1) is 0 Å². The number of fused-ring (bicyclic) bond motifs is 1. The van der Waals surface area contributed by atoms with Gasteiger partial charge in [-0.15, -0.1) is 0 Å². The van der Waals surface area contributed by atoms with E-state index >= 15 is 0 Å². The van der Waals surface area contributed by atoms with E-state index in [2.05, 4.69) is 61.4 Å². The molecule has 1 N–H and O–H groups in total. The molecule has 0 radical (unpaired) electrons. The number of hydrogen-bond donors (Lipinski definition) is 1. The van der Waals surface area contributed by atoms with Gasteiger partial charge >= 0.3 is 0 Å². The number of benzene rings is 1. The lowest BCUT2D eigenvalue weighted by Crippen LogP contribution is -2.24. The van der Waals surface area contributed by atoms with Crippen molar-refractivity contribution in [2.24, 2.45) is 0 Å². The van der Waals surface area contributed by atoms with E-state index in [1.807, 2.05) is 12.4 Å². The van der Waals surface area contributed by atoms with Gasteiger partial charge in [0, 0.05) is 35.9 Å². The van der Waals surface area contributed by atoms with Crippen LogP contribution < -0.4 is 5.32 Å². The van der Waals surface area contributed by atoms with Crippen LogP contribution in [0.3, 0.4) is 0 Å². The third kappa shape index (κ3) is 3.65. The number of nitrogens with zero attached hydrogens (tertiary/aromatic N) is 1. The highest BCUT2D eigenvalue weighted by molar-refractivity contribution is 5.89. The fourth-order valence-corrected chi connectivity index (χ4v) is 2.09. The summed E-state index contributed by atoms with van der Waals surface area (Å²) in [5.74, 6) is 0. The molecule has 0 saturated carbocycles. The average Bonchev–Trinajstić information content (AvgIpc) is 2.43. The van der Waals surface area contributed by atoms with Crippen LogP contribution in [-0.2, 0) is 0 Å². The number of aromatic nitrogens is 1. The Hall–Kier alpha value is -1.67. The maximum atomic E-state index is 4.33. The Kier molecular flexibility index (Phi) is 4.69. The molecule has 2 rings (SSSR count). The van der Waals surface area contributed by atoms with E-state index in [-0.39, 0.29) is 0 Å². The number of rotatable bonds is 5. The van der Waals surface area contributed by atoms with Crippen LogP contribution in [0, 0.1) is 0 Å². The maximum absolute atomic E-state index is 4.33. The molecule has 0 unspecified atom stereocenters. The predicted octanol–water partition coefficient (Wildman–Crippen LogP) is 4.03. The van der Waals surface area contributed by atoms with Crippen molar-refractivity contribution in [1.29, 1.82) is 0 Å². The quantitative estimate of drug-likeness (QED) is 0.871. The Balaban J connectivity index is 2.32. The number of hydrogen-bond acceptors (Lipinski definition) is 2. The molecule has 19 heavy (non-hydrogen) atoms. The van der Waals surface area contributed by atoms with Crippen LogP contribution in [0.4, 0.5) is 0 Å². The van der Waals surface area contributed by atoms with Crippen LogP contribution >= 0.6 is 0 Å². The van der Waals surface area contributed by atoms with E-state index < -0.39 is 0 Å². The Labute approximate surface area is 115 Å². The second-order valence-corrected chi connectivity index (χ2v) is 5.14. The SMILES string of the molecule is CC/C(=C/c1cncc2ccccc12)CNC(C)C. The molecule has 0 bridgehead atoms. The van der Waals surface area contributed by atoms with E-state index in [4.69, 9.17) is 0 Å². The molecule has 0 amide bonds. The Morgan fingerprint density at radius 1 is 1.26 bits per heavy atom. The number of nitrogens with one attached hydrogen (secondary N) is 1. The first-order valence-electron chi connectivity index (χ1n) is 6.96. The zero-order valence-electron chi connectivity index (χ0n) is 12.0. The summed E-state index contributed by atoms with van der Waals surface area (Å²) >= 11 is 0. The van der Waals surface area contributed by atoms with E-state index in [0.29, 0.717) is 6.04 Å². The van der Waals surface area contributed by atoms with Crippen LogP contribution in [0.15, 0.2) is 42.2 Å². The third-order valence-electron chi connectivity index (χ3n) is 3.25. The minimum Gasteiger partial charge on any atom is -0.311 e. The predicted molar refractivity (Wildman–Crippen MR) is 83.1 cm³/mol. The van der Waals surface area contributed by atoms with E-state index in [0.717, 1.165) is 13.0 Å². The van der Waals surface area contributed by atoms with Crippen LogP contribution in [0.5, 0.6) is 0 Å². The van der Waals surface area contributed by atoms with E-state index in [1.54, 1.807) is 0 Å². The first-order valence-corrected chi connectivity index (χ1v) is 6.96. The topological polar surface area (TPSA) is 24.9 Å². The van der Waals surface area contributed by atoms with Crippen LogP contribution in [0.2, 0.25) is 0 Å². The van der Waals surface area contributed by atoms with Crippen molar-refractivity contribution in [3.05, 3.63) is 47.8 Å². The molecule has 0 fully saturated rings. The molecule has 0 spiro atoms. The van der Waals surface area contributed by atoms with Crippen molar-refractivity contribution in [2.75, 3.05) is 6.54 Å². The fraction of sp³-hybridized carbons (Fsp3) is 0.353. The average molecular weight is 254 g/mol. The highest BCUT2D eigenvalue weighted by atomic mass is 14.9. The van der Waals surface area contributed by atoms with Gasteiger partial charge in [0.2, 0.25) is 0 Å². The molecule has 0 aliphatic carbocycles. The molecular formula is C17H22N2. The molecular weight excluding hydrogens is 232 g/mol. The summed E-state index contributed by atoms with van der Waals surface area (Å²) in [6.45, 7) is 7.49. The van der Waals surface area contributed by atoms with Crippen LogP contribution in [-0.4, -0.2) is 17.6 Å². The van der Waals surface area contributed by atoms with Crippen LogP contribution in [0.1, 0.15) is 32.8 Å². The van der Waals surface area contributed by atoms with Crippen molar-refractivity contribution in [3.8, 4) is 0 Å². The first kappa shape index (κ1) is 13.8. The van der Waals surface area contributed by atoms with Gasteiger partial charge in [0.25, 0.3) is 0 Å². The van der Waals surface area contributed by atoms with Gasteiger partial charge in [-0.05, 0) is 11.8 Å². The first-order chi connectivity index (χ1) is 9.20. The summed E-state index contributed by atoms with van der Waals surface area (Å²) in [6, 6.07) is 8.92. The number of pyridine rings is 1. The normalized spacial score (nSPS) is 12.3. The largest absolute Gasteiger partial charge is 0.311 e. The minimum atomic E-state index is 0.514. The molecule has 2 heteroatoms. The molecule has 2 aromatic rings. The minimum absolute atomic E-state index is 0.514. The Morgan fingerprint density at radius 2 is 2.05 bits per heavy atom. The van der Waals surface area contributed by atoms with E-state index in [1.165, 1.54) is 21.9 Å². The second kappa shape index (κ2) is 6.48. The van der Waals surface area contributed by atoms with Gasteiger partial charge in [-0.25, -0.2) is 0 Å². The summed E-state index contributed by atoms with van der Waals surface area (Å²) in [7, 11) is 0. The smallest absolute Gasteiger partial charge is 0.0346 e. The fourth-order valence-electron chi connectivity index (χ4n) is 2.09. The van der Waals surface area contributed by atoms with Crippen molar-refractivity contribution in [2.45, 2.75) is 33.2 Å². The molecule has 0 atom stereocenters. The lowest BCUT2D eigenvalue weighted by atomic mass is 10.0. The van der Waals surface area contributed by atoms with Gasteiger partial charge in [-0.1, -0.05) is 56.7 Å². The van der Waals surface area contributed by atoms with E-state index in [9.17, 15) is 0 Å². The molecule has 1 heterocycles. The van der Waals surface area contributed by atoms with Gasteiger partial charge in [-0.2, -0.15) is 0 Å². The Bertz CT molecular complexity index is 565. The third-order valence-corrected chi connectivity index (χ3v) is 3.25. The monoisotopic (exact) mass is 254 g/mol. The molecule has 2 nitrogen and oxygen atoms in total. The van der Waals surface area contributed by atoms with Crippen molar-refractivity contribution in [3.63, 3.8) is 0 Å². The van der Waals surface area contributed by atoms with Crippen LogP contribution in [0.25, 0.3) is 16.8 Å². The van der Waals surface area contributed by atoms with Gasteiger partial charge in [0.15, 0.2) is 0 Å². The molecule has 1 aromatic carbocycles. The molecule has 0 aliphatic rings. The molecule has 100 valence electrons. The molecule has 1 aromatic heterocycles. The standard InChI is InChI=1S/C17H22N2/c1-4-14(10-19-13(2)3)9-16-12-18-11-15-7-5-6-8-17(15)16/h5-9,11-13,19H,4,10H2,1-3H3/b14-9-. The molecule has 0 saturated heterocycles. The summed E-state index contributed by atoms with van der Waals surface area (Å²) < 4.78 is 0. The summed E-state index contributed by atoms with van der Waals surface area (Å²) in [4.78, 5) is 4.33.